The van der Waals surface area contributed by atoms with E-state index in [2.05, 4.69) is 11.1 Å². The third-order valence-corrected chi connectivity index (χ3v) is 6.05. The van der Waals surface area contributed by atoms with Crippen molar-refractivity contribution >= 4 is 39.9 Å². The van der Waals surface area contributed by atoms with Crippen LogP contribution < -0.4 is 4.74 Å². The lowest BCUT2D eigenvalue weighted by molar-refractivity contribution is -0.123. The molecule has 0 unspecified atom stereocenters. The number of fused-ring (bicyclic) bond motifs is 1. The summed E-state index contributed by atoms with van der Waals surface area (Å²) < 4.78 is 20.6. The molecule has 2 amide bonds. The first-order chi connectivity index (χ1) is 15.0. The average Bonchev–Trinajstić information content (AvgIpc) is 3.18. The van der Waals surface area contributed by atoms with Crippen LogP contribution in [0.4, 0.5) is 9.18 Å². The lowest BCUT2D eigenvalue weighted by atomic mass is 10.1. The molecule has 31 heavy (non-hydrogen) atoms. The predicted octanol–water partition coefficient (Wildman–Crippen LogP) is 5.39. The van der Waals surface area contributed by atoms with Gasteiger partial charge in [-0.1, -0.05) is 24.3 Å². The van der Waals surface area contributed by atoms with Gasteiger partial charge in [0.15, 0.2) is 0 Å². The Bertz CT molecular complexity index is 1200. The van der Waals surface area contributed by atoms with Crippen LogP contribution in [0.1, 0.15) is 11.3 Å². The molecule has 1 fully saturated rings. The van der Waals surface area contributed by atoms with Gasteiger partial charge in [-0.15, -0.1) is 6.58 Å². The molecule has 0 radical (unpaired) electrons. The van der Waals surface area contributed by atoms with Crippen molar-refractivity contribution < 1.29 is 18.7 Å². The summed E-state index contributed by atoms with van der Waals surface area (Å²) in [6.07, 6.45) is 3.63. The van der Waals surface area contributed by atoms with E-state index in [1.807, 2.05) is 37.3 Å². The summed E-state index contributed by atoms with van der Waals surface area (Å²) in [5.41, 5.74) is 2.98. The summed E-state index contributed by atoms with van der Waals surface area (Å²) >= 11 is 0.929. The normalized spacial score (nSPS) is 15.3. The molecule has 7 heteroatoms. The topological polar surface area (TPSA) is 51.5 Å². The molecule has 5 nitrogen and oxygen atoms in total. The van der Waals surface area contributed by atoms with Crippen LogP contribution in [0.3, 0.4) is 0 Å². The number of thioether (sulfide) groups is 1. The lowest BCUT2D eigenvalue weighted by Gasteiger charge is -2.13. The number of aromatic nitrogens is 1. The standard InChI is InChI=1S/C24H21FN2O3S/c1-3-12-26-16(2)20(19-6-4-5-7-21(19)26)15-22-23(28)27(24(29)31-22)13-14-30-18-10-8-17(25)9-11-18/h3-11,15H,1,12-14H2,2H3/b22-15-. The number of ether oxygens (including phenoxy) is 1. The van der Waals surface area contributed by atoms with E-state index in [4.69, 9.17) is 4.74 Å². The highest BCUT2D eigenvalue weighted by molar-refractivity contribution is 8.18. The quantitative estimate of drug-likeness (QED) is 0.368. The Morgan fingerprint density at radius 3 is 2.61 bits per heavy atom. The summed E-state index contributed by atoms with van der Waals surface area (Å²) in [5, 5.41) is 0.694. The zero-order valence-corrected chi connectivity index (χ0v) is 17.8. The van der Waals surface area contributed by atoms with E-state index in [1.54, 1.807) is 6.08 Å². The monoisotopic (exact) mass is 436 g/mol. The van der Waals surface area contributed by atoms with Gasteiger partial charge in [-0.05, 0) is 55.1 Å². The van der Waals surface area contributed by atoms with Gasteiger partial charge in [-0.25, -0.2) is 4.39 Å². The fourth-order valence-electron chi connectivity index (χ4n) is 3.61. The highest BCUT2D eigenvalue weighted by Crippen LogP contribution is 2.35. The molecule has 2 heterocycles. The molecule has 0 aliphatic carbocycles. The molecule has 1 saturated heterocycles. The Kier molecular flexibility index (Phi) is 5.95. The number of hydrogen-bond acceptors (Lipinski definition) is 4. The minimum atomic E-state index is -0.354. The van der Waals surface area contributed by atoms with Crippen molar-refractivity contribution in [2.45, 2.75) is 13.5 Å². The van der Waals surface area contributed by atoms with Crippen LogP contribution in [0.2, 0.25) is 0 Å². The van der Waals surface area contributed by atoms with Crippen LogP contribution in [-0.4, -0.2) is 33.8 Å². The van der Waals surface area contributed by atoms with Gasteiger partial charge in [0.1, 0.15) is 18.2 Å². The number of para-hydroxylation sites is 1. The minimum Gasteiger partial charge on any atom is -0.492 e. The van der Waals surface area contributed by atoms with E-state index < -0.39 is 0 Å². The van der Waals surface area contributed by atoms with E-state index in [9.17, 15) is 14.0 Å². The van der Waals surface area contributed by atoms with Crippen molar-refractivity contribution in [1.29, 1.82) is 0 Å². The number of rotatable bonds is 7. The van der Waals surface area contributed by atoms with E-state index >= 15 is 0 Å². The predicted molar refractivity (Wildman–Crippen MR) is 121 cm³/mol. The van der Waals surface area contributed by atoms with E-state index in [0.717, 1.165) is 33.9 Å². The van der Waals surface area contributed by atoms with Crippen molar-refractivity contribution in [3.05, 3.63) is 83.2 Å². The van der Waals surface area contributed by atoms with Gasteiger partial charge in [0.25, 0.3) is 11.1 Å². The van der Waals surface area contributed by atoms with Gasteiger partial charge in [-0.2, -0.15) is 0 Å². The maximum absolute atomic E-state index is 13.0. The Balaban J connectivity index is 1.54. The summed E-state index contributed by atoms with van der Waals surface area (Å²) in [6, 6.07) is 13.6. The van der Waals surface area contributed by atoms with Crippen molar-refractivity contribution in [2.75, 3.05) is 13.2 Å². The Hall–Kier alpha value is -3.32. The second-order valence-corrected chi connectivity index (χ2v) is 8.04. The largest absolute Gasteiger partial charge is 0.492 e. The van der Waals surface area contributed by atoms with Crippen LogP contribution in [0.15, 0.2) is 66.1 Å². The van der Waals surface area contributed by atoms with Gasteiger partial charge >= 0.3 is 0 Å². The molecule has 0 saturated carbocycles. The molecular weight excluding hydrogens is 415 g/mol. The molecule has 0 spiro atoms. The number of halogens is 1. The molecular formula is C24H21FN2O3S. The molecule has 1 aliphatic heterocycles. The lowest BCUT2D eigenvalue weighted by Crippen LogP contribution is -2.32. The molecule has 4 rings (SSSR count). The first kappa shape index (κ1) is 20.9. The van der Waals surface area contributed by atoms with Crippen molar-refractivity contribution in [3.8, 4) is 5.75 Å². The number of carbonyl (C=O) groups is 2. The van der Waals surface area contributed by atoms with Crippen LogP contribution >= 0.6 is 11.8 Å². The van der Waals surface area contributed by atoms with Crippen molar-refractivity contribution in [3.63, 3.8) is 0 Å². The maximum Gasteiger partial charge on any atom is 0.293 e. The highest BCUT2D eigenvalue weighted by atomic mass is 32.2. The minimum absolute atomic E-state index is 0.122. The number of allylic oxidation sites excluding steroid dienone is 1. The molecule has 2 aromatic carbocycles. The molecule has 3 aromatic rings. The van der Waals surface area contributed by atoms with E-state index in [1.165, 1.54) is 29.2 Å². The smallest absolute Gasteiger partial charge is 0.293 e. The maximum atomic E-state index is 13.0. The van der Waals surface area contributed by atoms with Crippen LogP contribution in [0.5, 0.6) is 5.75 Å². The van der Waals surface area contributed by atoms with Crippen LogP contribution in [0.25, 0.3) is 17.0 Å². The molecule has 0 bridgehead atoms. The molecule has 158 valence electrons. The number of carbonyl (C=O) groups excluding carboxylic acids is 2. The Morgan fingerprint density at radius 2 is 1.87 bits per heavy atom. The van der Waals surface area contributed by atoms with Gasteiger partial charge in [0.05, 0.1) is 11.4 Å². The first-order valence-corrected chi connectivity index (χ1v) is 10.6. The summed E-state index contributed by atoms with van der Waals surface area (Å²) in [5.74, 6) is -0.208. The second-order valence-electron chi connectivity index (χ2n) is 7.05. The molecule has 1 aliphatic rings. The number of imide groups is 1. The van der Waals surface area contributed by atoms with Gasteiger partial charge < -0.3 is 9.30 Å². The fraction of sp³-hybridized carbons (Fsp3) is 0.167. The zero-order chi connectivity index (χ0) is 22.0. The second kappa shape index (κ2) is 8.81. The van der Waals surface area contributed by atoms with Crippen LogP contribution in [-0.2, 0) is 11.3 Å². The summed E-state index contributed by atoms with van der Waals surface area (Å²) in [4.78, 5) is 26.9. The zero-order valence-electron chi connectivity index (χ0n) is 17.0. The van der Waals surface area contributed by atoms with Gasteiger partial charge in [0.2, 0.25) is 0 Å². The van der Waals surface area contributed by atoms with Crippen LogP contribution in [0, 0.1) is 12.7 Å². The number of benzene rings is 2. The summed E-state index contributed by atoms with van der Waals surface area (Å²) in [6.45, 7) is 6.73. The van der Waals surface area contributed by atoms with Gasteiger partial charge in [-0.3, -0.25) is 14.5 Å². The average molecular weight is 437 g/mol. The molecule has 1 aromatic heterocycles. The van der Waals surface area contributed by atoms with Crippen molar-refractivity contribution in [1.82, 2.24) is 9.47 Å². The summed E-state index contributed by atoms with van der Waals surface area (Å²) in [7, 11) is 0. The third kappa shape index (κ3) is 4.14. The Labute approximate surface area is 183 Å². The van der Waals surface area contributed by atoms with Crippen molar-refractivity contribution in [2.24, 2.45) is 0 Å². The number of nitrogens with zero attached hydrogens (tertiary/aromatic N) is 2. The fourth-order valence-corrected chi connectivity index (χ4v) is 4.46. The SMILES string of the molecule is C=CCn1c(C)c(/C=C2\SC(=O)N(CCOc3ccc(F)cc3)C2=O)c2ccccc21. The third-order valence-electron chi connectivity index (χ3n) is 5.14. The van der Waals surface area contributed by atoms with E-state index in [0.29, 0.717) is 17.2 Å². The first-order valence-electron chi connectivity index (χ1n) is 9.82. The molecule has 0 atom stereocenters. The highest BCUT2D eigenvalue weighted by Gasteiger charge is 2.35. The number of amides is 2. The molecule has 0 N–H and O–H groups in total. The van der Waals surface area contributed by atoms with E-state index in [-0.39, 0.29) is 30.1 Å². The Morgan fingerprint density at radius 1 is 1.13 bits per heavy atom. The number of hydrogen-bond donors (Lipinski definition) is 0. The van der Waals surface area contributed by atoms with Gasteiger partial charge in [0, 0.05) is 28.7 Å².